The summed E-state index contributed by atoms with van der Waals surface area (Å²) in [4.78, 5) is 46.5. The number of urea groups is 1. The zero-order valence-electron chi connectivity index (χ0n) is 11.0. The number of carbonyl (C=O) groups is 4. The fourth-order valence-electron chi connectivity index (χ4n) is 1.94. The minimum absolute atomic E-state index is 0.0207. The second kappa shape index (κ2) is 6.04. The van der Waals surface area contributed by atoms with Crippen LogP contribution in [0.1, 0.15) is 20.7 Å². The fourth-order valence-corrected chi connectivity index (χ4v) is 1.94. The Kier molecular flexibility index (Phi) is 4.17. The summed E-state index contributed by atoms with van der Waals surface area (Å²) in [5, 5.41) is 12.9. The van der Waals surface area contributed by atoms with Gasteiger partial charge in [0.1, 0.15) is 6.54 Å². The number of carbonyl (C=O) groups excluding carboxylic acids is 3. The molecule has 0 saturated carbocycles. The Morgan fingerprint density at radius 2 is 1.62 bits per heavy atom. The van der Waals surface area contributed by atoms with Crippen molar-refractivity contribution >= 4 is 23.8 Å². The number of hydrogen-bond acceptors (Lipinski definition) is 4. The van der Waals surface area contributed by atoms with E-state index < -0.39 is 30.4 Å². The summed E-state index contributed by atoms with van der Waals surface area (Å²) >= 11 is 0. The van der Waals surface area contributed by atoms with Crippen LogP contribution < -0.4 is 10.6 Å². The molecule has 4 amide bonds. The van der Waals surface area contributed by atoms with Gasteiger partial charge >= 0.3 is 12.0 Å². The van der Waals surface area contributed by atoms with E-state index in [-0.39, 0.29) is 13.1 Å². The highest BCUT2D eigenvalue weighted by atomic mass is 16.4. The third-order valence-electron chi connectivity index (χ3n) is 2.90. The number of imide groups is 1. The van der Waals surface area contributed by atoms with Gasteiger partial charge < -0.3 is 15.7 Å². The van der Waals surface area contributed by atoms with E-state index in [4.69, 9.17) is 5.11 Å². The van der Waals surface area contributed by atoms with Crippen LogP contribution in [0.4, 0.5) is 4.79 Å². The first kappa shape index (κ1) is 14.5. The third-order valence-corrected chi connectivity index (χ3v) is 2.90. The van der Waals surface area contributed by atoms with E-state index in [2.05, 4.69) is 10.6 Å². The lowest BCUT2D eigenvalue weighted by Crippen LogP contribution is -2.43. The molecule has 2 rings (SSSR count). The van der Waals surface area contributed by atoms with Gasteiger partial charge in [-0.1, -0.05) is 12.1 Å². The molecule has 0 unspecified atom stereocenters. The number of rotatable bonds is 5. The van der Waals surface area contributed by atoms with Crippen LogP contribution in [-0.4, -0.2) is 53.5 Å². The summed E-state index contributed by atoms with van der Waals surface area (Å²) in [5.41, 5.74) is 0.690. The minimum Gasteiger partial charge on any atom is -0.480 e. The average molecular weight is 291 g/mol. The summed E-state index contributed by atoms with van der Waals surface area (Å²) < 4.78 is 0. The fraction of sp³-hybridized carbons (Fsp3) is 0.231. The first-order valence-corrected chi connectivity index (χ1v) is 6.19. The van der Waals surface area contributed by atoms with Crippen LogP contribution in [-0.2, 0) is 4.79 Å². The van der Waals surface area contributed by atoms with Crippen molar-refractivity contribution < 1.29 is 24.3 Å². The van der Waals surface area contributed by atoms with Crippen molar-refractivity contribution in [2.45, 2.75) is 0 Å². The van der Waals surface area contributed by atoms with E-state index in [1.54, 1.807) is 24.3 Å². The van der Waals surface area contributed by atoms with Crippen molar-refractivity contribution in [1.82, 2.24) is 15.5 Å². The number of amides is 4. The van der Waals surface area contributed by atoms with E-state index in [1.807, 2.05) is 0 Å². The smallest absolute Gasteiger partial charge is 0.323 e. The molecule has 8 heteroatoms. The topological polar surface area (TPSA) is 116 Å². The molecule has 1 heterocycles. The molecule has 3 N–H and O–H groups in total. The standard InChI is InChI=1S/C13H13N3O5/c17-10(18)7-15-13(21)14-5-6-16-11(19)8-3-1-2-4-9(8)12(16)20/h1-4H,5-7H2,(H,17,18)(H2,14,15,21). The minimum atomic E-state index is -1.16. The van der Waals surface area contributed by atoms with Gasteiger partial charge in [-0.3, -0.25) is 19.3 Å². The monoisotopic (exact) mass is 291 g/mol. The number of fused-ring (bicyclic) bond motifs is 1. The van der Waals surface area contributed by atoms with Gasteiger partial charge in [-0.15, -0.1) is 0 Å². The Bertz CT molecular complexity index is 579. The molecule has 21 heavy (non-hydrogen) atoms. The summed E-state index contributed by atoms with van der Waals surface area (Å²) in [6.45, 7) is -0.442. The number of hydrogen-bond donors (Lipinski definition) is 3. The molecule has 0 aliphatic carbocycles. The molecule has 110 valence electrons. The third kappa shape index (κ3) is 3.16. The predicted octanol–water partition coefficient (Wildman–Crippen LogP) is -0.334. The molecule has 0 radical (unpaired) electrons. The second-order valence-electron chi connectivity index (χ2n) is 4.31. The van der Waals surface area contributed by atoms with Crippen molar-refractivity contribution in [3.8, 4) is 0 Å². The van der Waals surface area contributed by atoms with Crippen LogP contribution in [0.5, 0.6) is 0 Å². The molecule has 8 nitrogen and oxygen atoms in total. The average Bonchev–Trinajstić information content (AvgIpc) is 2.70. The van der Waals surface area contributed by atoms with Gasteiger partial charge in [0.25, 0.3) is 11.8 Å². The van der Waals surface area contributed by atoms with E-state index in [0.717, 1.165) is 4.90 Å². The van der Waals surface area contributed by atoms with Gasteiger partial charge in [-0.05, 0) is 12.1 Å². The lowest BCUT2D eigenvalue weighted by atomic mass is 10.1. The highest BCUT2D eigenvalue weighted by Gasteiger charge is 2.34. The van der Waals surface area contributed by atoms with Gasteiger partial charge in [0.15, 0.2) is 0 Å². The zero-order valence-corrected chi connectivity index (χ0v) is 11.0. The van der Waals surface area contributed by atoms with Crippen LogP contribution in [0.2, 0.25) is 0 Å². The number of benzene rings is 1. The van der Waals surface area contributed by atoms with Crippen LogP contribution in [0, 0.1) is 0 Å². The Morgan fingerprint density at radius 3 is 2.14 bits per heavy atom. The maximum absolute atomic E-state index is 12.0. The lowest BCUT2D eigenvalue weighted by molar-refractivity contribution is -0.135. The zero-order chi connectivity index (χ0) is 15.4. The Hall–Kier alpha value is -2.90. The molecule has 0 atom stereocenters. The van der Waals surface area contributed by atoms with Crippen molar-refractivity contribution in [1.29, 1.82) is 0 Å². The van der Waals surface area contributed by atoms with Gasteiger partial charge in [0, 0.05) is 13.1 Å². The molecule has 1 aromatic carbocycles. The maximum Gasteiger partial charge on any atom is 0.323 e. The highest BCUT2D eigenvalue weighted by Crippen LogP contribution is 2.21. The predicted molar refractivity (Wildman–Crippen MR) is 70.8 cm³/mol. The van der Waals surface area contributed by atoms with E-state index in [9.17, 15) is 19.2 Å². The molecular formula is C13H13N3O5. The second-order valence-corrected chi connectivity index (χ2v) is 4.31. The van der Waals surface area contributed by atoms with E-state index in [1.165, 1.54) is 0 Å². The summed E-state index contributed by atoms with van der Waals surface area (Å²) in [6, 6.07) is 5.82. The lowest BCUT2D eigenvalue weighted by Gasteiger charge is -2.14. The SMILES string of the molecule is O=C(O)CNC(=O)NCCN1C(=O)c2ccccc2C1=O. The van der Waals surface area contributed by atoms with Gasteiger partial charge in [0.2, 0.25) is 0 Å². The first-order chi connectivity index (χ1) is 10.0. The molecule has 0 spiro atoms. The normalized spacial score (nSPS) is 13.0. The number of carboxylic acid groups (broad SMARTS) is 1. The molecule has 1 aromatic rings. The van der Waals surface area contributed by atoms with Crippen molar-refractivity contribution in [3.05, 3.63) is 35.4 Å². The molecule has 1 aliphatic rings. The van der Waals surface area contributed by atoms with Crippen LogP contribution in [0.15, 0.2) is 24.3 Å². The molecule has 0 fully saturated rings. The van der Waals surface area contributed by atoms with Crippen molar-refractivity contribution in [3.63, 3.8) is 0 Å². The molecular weight excluding hydrogens is 278 g/mol. The largest absolute Gasteiger partial charge is 0.480 e. The molecule has 0 bridgehead atoms. The number of nitrogens with one attached hydrogen (secondary N) is 2. The number of nitrogens with zero attached hydrogens (tertiary/aromatic N) is 1. The van der Waals surface area contributed by atoms with Gasteiger partial charge in [-0.2, -0.15) is 0 Å². The number of carboxylic acids is 1. The molecule has 1 aliphatic heterocycles. The number of aliphatic carboxylic acids is 1. The van der Waals surface area contributed by atoms with Crippen LogP contribution in [0.25, 0.3) is 0 Å². The maximum atomic E-state index is 12.0. The molecule has 0 aromatic heterocycles. The van der Waals surface area contributed by atoms with Crippen molar-refractivity contribution in [2.24, 2.45) is 0 Å². The molecule has 0 saturated heterocycles. The summed E-state index contributed by atoms with van der Waals surface area (Å²) in [7, 11) is 0. The first-order valence-electron chi connectivity index (χ1n) is 6.19. The van der Waals surface area contributed by atoms with Gasteiger partial charge in [0.05, 0.1) is 11.1 Å². The van der Waals surface area contributed by atoms with E-state index >= 15 is 0 Å². The van der Waals surface area contributed by atoms with E-state index in [0.29, 0.717) is 11.1 Å². The quantitative estimate of drug-likeness (QED) is 0.642. The summed E-state index contributed by atoms with van der Waals surface area (Å²) in [6.07, 6.45) is 0. The van der Waals surface area contributed by atoms with Crippen molar-refractivity contribution in [2.75, 3.05) is 19.6 Å². The Morgan fingerprint density at radius 1 is 1.05 bits per heavy atom. The van der Waals surface area contributed by atoms with Crippen LogP contribution >= 0.6 is 0 Å². The Balaban J connectivity index is 1.85. The van der Waals surface area contributed by atoms with Gasteiger partial charge in [-0.25, -0.2) is 4.79 Å². The summed E-state index contributed by atoms with van der Waals surface area (Å²) in [5.74, 6) is -1.96. The Labute approximate surface area is 119 Å². The highest BCUT2D eigenvalue weighted by molar-refractivity contribution is 6.21. The van der Waals surface area contributed by atoms with Crippen LogP contribution in [0.3, 0.4) is 0 Å².